The molecule has 0 saturated carbocycles. The van der Waals surface area contributed by atoms with Crippen molar-refractivity contribution < 1.29 is 5.11 Å². The first-order chi connectivity index (χ1) is 6.95. The number of hydrogen-bond donors (Lipinski definition) is 1. The van der Waals surface area contributed by atoms with Gasteiger partial charge in [0.1, 0.15) is 0 Å². The molecule has 1 rings (SSSR count). The number of aliphatic hydroxyl groups is 1. The van der Waals surface area contributed by atoms with Crippen molar-refractivity contribution in [1.82, 2.24) is 9.80 Å². The van der Waals surface area contributed by atoms with Gasteiger partial charge in [-0.05, 0) is 59.8 Å². The monoisotopic (exact) mass is 214 g/mol. The van der Waals surface area contributed by atoms with Gasteiger partial charge < -0.3 is 10.0 Å². The number of likely N-dealkylation sites (tertiary alicyclic amines) is 1. The Hall–Kier alpha value is -0.120. The number of nitrogens with zero attached hydrogens (tertiary/aromatic N) is 2. The van der Waals surface area contributed by atoms with E-state index in [0.29, 0.717) is 0 Å². The van der Waals surface area contributed by atoms with Crippen molar-refractivity contribution in [2.75, 3.05) is 40.3 Å². The molecular formula is C12H26N2O. The standard InChI is InChI=1S/C12H26N2O/c1-12(2,10-15)14(4)9-11-5-7-13(3)8-6-11/h11,15H,5-10H2,1-4H3. The van der Waals surface area contributed by atoms with Gasteiger partial charge in [-0.2, -0.15) is 0 Å². The SMILES string of the molecule is CN1CCC(CN(C)C(C)(C)CO)CC1. The smallest absolute Gasteiger partial charge is 0.0609 e. The Morgan fingerprint density at radius 3 is 2.33 bits per heavy atom. The Bertz CT molecular complexity index is 186. The summed E-state index contributed by atoms with van der Waals surface area (Å²) >= 11 is 0. The van der Waals surface area contributed by atoms with E-state index in [4.69, 9.17) is 0 Å². The maximum absolute atomic E-state index is 9.29. The van der Waals surface area contributed by atoms with Gasteiger partial charge >= 0.3 is 0 Å². The molecule has 0 aromatic rings. The van der Waals surface area contributed by atoms with Crippen molar-refractivity contribution in [1.29, 1.82) is 0 Å². The van der Waals surface area contributed by atoms with Gasteiger partial charge in [0.2, 0.25) is 0 Å². The molecule has 0 aliphatic carbocycles. The van der Waals surface area contributed by atoms with E-state index < -0.39 is 0 Å². The van der Waals surface area contributed by atoms with Crippen molar-refractivity contribution in [2.45, 2.75) is 32.2 Å². The maximum atomic E-state index is 9.29. The average molecular weight is 214 g/mol. The van der Waals surface area contributed by atoms with Crippen LogP contribution >= 0.6 is 0 Å². The lowest BCUT2D eigenvalue weighted by Crippen LogP contribution is -2.47. The molecule has 1 saturated heterocycles. The first-order valence-corrected chi connectivity index (χ1v) is 5.96. The van der Waals surface area contributed by atoms with Crippen LogP contribution in [0.3, 0.4) is 0 Å². The minimum atomic E-state index is -0.0800. The predicted molar refractivity (Wildman–Crippen MR) is 64.0 cm³/mol. The highest BCUT2D eigenvalue weighted by Gasteiger charge is 2.26. The summed E-state index contributed by atoms with van der Waals surface area (Å²) in [7, 11) is 4.31. The molecule has 1 N–H and O–H groups in total. The average Bonchev–Trinajstić information content (AvgIpc) is 2.21. The van der Waals surface area contributed by atoms with Crippen LogP contribution in [-0.4, -0.2) is 60.8 Å². The molecule has 1 heterocycles. The van der Waals surface area contributed by atoms with E-state index in [1.165, 1.54) is 25.9 Å². The predicted octanol–water partition coefficient (Wildman–Crippen LogP) is 1.03. The van der Waals surface area contributed by atoms with Crippen molar-refractivity contribution in [3.8, 4) is 0 Å². The Labute approximate surface area is 94.1 Å². The van der Waals surface area contributed by atoms with E-state index in [0.717, 1.165) is 12.5 Å². The third-order valence-electron chi connectivity index (χ3n) is 3.79. The third-order valence-corrected chi connectivity index (χ3v) is 3.79. The molecule has 0 aromatic carbocycles. The Morgan fingerprint density at radius 2 is 1.87 bits per heavy atom. The van der Waals surface area contributed by atoms with Crippen LogP contribution in [0.2, 0.25) is 0 Å². The molecule has 0 radical (unpaired) electrons. The number of piperidine rings is 1. The molecule has 15 heavy (non-hydrogen) atoms. The van der Waals surface area contributed by atoms with E-state index in [1.807, 2.05) is 0 Å². The van der Waals surface area contributed by atoms with E-state index >= 15 is 0 Å². The molecule has 0 amide bonds. The van der Waals surface area contributed by atoms with Crippen molar-refractivity contribution in [2.24, 2.45) is 5.92 Å². The lowest BCUT2D eigenvalue weighted by atomic mass is 9.94. The fourth-order valence-corrected chi connectivity index (χ4v) is 2.00. The third kappa shape index (κ3) is 3.74. The van der Waals surface area contributed by atoms with Gasteiger partial charge in [0.05, 0.1) is 6.61 Å². The van der Waals surface area contributed by atoms with Crippen LogP contribution in [-0.2, 0) is 0 Å². The topological polar surface area (TPSA) is 26.7 Å². The van der Waals surface area contributed by atoms with Crippen LogP contribution in [0.4, 0.5) is 0 Å². The lowest BCUT2D eigenvalue weighted by Gasteiger charge is -2.38. The number of aliphatic hydroxyl groups excluding tert-OH is 1. The molecule has 1 aliphatic rings. The zero-order valence-corrected chi connectivity index (χ0v) is 10.7. The normalized spacial score (nSPS) is 21.2. The molecule has 1 fully saturated rings. The zero-order valence-electron chi connectivity index (χ0n) is 10.7. The lowest BCUT2D eigenvalue weighted by molar-refractivity contribution is 0.0556. The fourth-order valence-electron chi connectivity index (χ4n) is 2.00. The summed E-state index contributed by atoms with van der Waals surface area (Å²) in [6.45, 7) is 7.98. The molecule has 0 atom stereocenters. The molecule has 0 spiro atoms. The van der Waals surface area contributed by atoms with Gasteiger partial charge in [0, 0.05) is 12.1 Å². The number of hydrogen-bond acceptors (Lipinski definition) is 3. The maximum Gasteiger partial charge on any atom is 0.0609 e. The Kier molecular flexibility index (Phi) is 4.56. The first-order valence-electron chi connectivity index (χ1n) is 5.96. The van der Waals surface area contributed by atoms with Crippen LogP contribution in [0.25, 0.3) is 0 Å². The summed E-state index contributed by atoms with van der Waals surface area (Å²) < 4.78 is 0. The second kappa shape index (κ2) is 5.28. The molecule has 3 nitrogen and oxygen atoms in total. The van der Waals surface area contributed by atoms with E-state index in [-0.39, 0.29) is 12.1 Å². The van der Waals surface area contributed by atoms with Gasteiger partial charge in [0.25, 0.3) is 0 Å². The second-order valence-corrected chi connectivity index (χ2v) is 5.60. The highest BCUT2D eigenvalue weighted by molar-refractivity contribution is 4.81. The Morgan fingerprint density at radius 1 is 1.33 bits per heavy atom. The summed E-state index contributed by atoms with van der Waals surface area (Å²) in [6, 6.07) is 0. The Balaban J connectivity index is 2.35. The molecular weight excluding hydrogens is 188 g/mol. The van der Waals surface area contributed by atoms with Crippen LogP contribution in [0.15, 0.2) is 0 Å². The summed E-state index contributed by atoms with van der Waals surface area (Å²) in [4.78, 5) is 4.69. The quantitative estimate of drug-likeness (QED) is 0.757. The largest absolute Gasteiger partial charge is 0.394 e. The molecule has 0 bridgehead atoms. The van der Waals surface area contributed by atoms with Gasteiger partial charge in [-0.1, -0.05) is 0 Å². The number of likely N-dealkylation sites (N-methyl/N-ethyl adjacent to an activating group) is 1. The molecule has 1 aliphatic heterocycles. The molecule has 90 valence electrons. The molecule has 0 unspecified atom stereocenters. The summed E-state index contributed by atoms with van der Waals surface area (Å²) in [5.74, 6) is 0.803. The van der Waals surface area contributed by atoms with Crippen molar-refractivity contribution in [3.63, 3.8) is 0 Å². The second-order valence-electron chi connectivity index (χ2n) is 5.60. The first kappa shape index (κ1) is 12.9. The van der Waals surface area contributed by atoms with Crippen LogP contribution in [0.1, 0.15) is 26.7 Å². The minimum Gasteiger partial charge on any atom is -0.394 e. The van der Waals surface area contributed by atoms with Gasteiger partial charge in [-0.3, -0.25) is 4.90 Å². The highest BCUT2D eigenvalue weighted by Crippen LogP contribution is 2.20. The highest BCUT2D eigenvalue weighted by atomic mass is 16.3. The van der Waals surface area contributed by atoms with E-state index in [1.54, 1.807) is 0 Å². The molecule has 3 heteroatoms. The van der Waals surface area contributed by atoms with E-state index in [9.17, 15) is 5.11 Å². The van der Waals surface area contributed by atoms with Crippen molar-refractivity contribution in [3.05, 3.63) is 0 Å². The van der Waals surface area contributed by atoms with Gasteiger partial charge in [-0.25, -0.2) is 0 Å². The summed E-state index contributed by atoms with van der Waals surface area (Å²) in [6.07, 6.45) is 2.59. The van der Waals surface area contributed by atoms with Crippen molar-refractivity contribution >= 4 is 0 Å². The van der Waals surface area contributed by atoms with Crippen LogP contribution < -0.4 is 0 Å². The van der Waals surface area contributed by atoms with E-state index in [2.05, 4.69) is 37.7 Å². The van der Waals surface area contributed by atoms with Crippen LogP contribution in [0.5, 0.6) is 0 Å². The zero-order chi connectivity index (χ0) is 11.5. The fraction of sp³-hybridized carbons (Fsp3) is 1.00. The van der Waals surface area contributed by atoms with Crippen LogP contribution in [0, 0.1) is 5.92 Å². The summed E-state index contributed by atoms with van der Waals surface area (Å²) in [5.41, 5.74) is -0.0800. The van der Waals surface area contributed by atoms with Gasteiger partial charge in [0.15, 0.2) is 0 Å². The minimum absolute atomic E-state index is 0.0800. The summed E-state index contributed by atoms with van der Waals surface area (Å²) in [5, 5.41) is 9.29. The van der Waals surface area contributed by atoms with Gasteiger partial charge in [-0.15, -0.1) is 0 Å². The molecule has 0 aromatic heterocycles. The number of rotatable bonds is 4.